The maximum atomic E-state index is 12.9. The lowest BCUT2D eigenvalue weighted by Gasteiger charge is -2.21. The summed E-state index contributed by atoms with van der Waals surface area (Å²) in [7, 11) is 0. The van der Waals surface area contributed by atoms with E-state index in [-0.39, 0.29) is 17.3 Å². The van der Waals surface area contributed by atoms with Crippen molar-refractivity contribution >= 4 is 39.5 Å². The van der Waals surface area contributed by atoms with Gasteiger partial charge in [0.1, 0.15) is 5.70 Å². The van der Waals surface area contributed by atoms with Crippen molar-refractivity contribution < 1.29 is 14.5 Å². The quantitative estimate of drug-likeness (QED) is 0.396. The van der Waals surface area contributed by atoms with Crippen LogP contribution in [0.2, 0.25) is 0 Å². The Labute approximate surface area is 171 Å². The van der Waals surface area contributed by atoms with Gasteiger partial charge in [-0.25, -0.2) is 0 Å². The molecule has 2 amide bonds. The van der Waals surface area contributed by atoms with E-state index < -0.39 is 10.8 Å². The van der Waals surface area contributed by atoms with Crippen molar-refractivity contribution in [3.05, 3.63) is 79.9 Å². The van der Waals surface area contributed by atoms with Crippen LogP contribution >= 0.6 is 15.9 Å². The largest absolute Gasteiger partial charge is 0.338 e. The van der Waals surface area contributed by atoms with E-state index >= 15 is 0 Å². The van der Waals surface area contributed by atoms with E-state index in [1.807, 2.05) is 13.8 Å². The van der Waals surface area contributed by atoms with Crippen molar-refractivity contribution in [2.45, 2.75) is 13.8 Å². The van der Waals surface area contributed by atoms with Gasteiger partial charge in [0.05, 0.1) is 10.5 Å². The molecular weight excluding hydrogens is 426 g/mol. The van der Waals surface area contributed by atoms with Gasteiger partial charge in [-0.05, 0) is 53.5 Å². The summed E-state index contributed by atoms with van der Waals surface area (Å²) in [5.74, 6) is -0.818. The normalized spacial score (nSPS) is 11.0. The van der Waals surface area contributed by atoms with Crippen molar-refractivity contribution in [1.29, 1.82) is 0 Å². The maximum Gasteiger partial charge on any atom is 0.270 e. The topological polar surface area (TPSA) is 92.6 Å². The van der Waals surface area contributed by atoms with Gasteiger partial charge < -0.3 is 10.2 Å². The van der Waals surface area contributed by atoms with E-state index in [4.69, 9.17) is 0 Å². The fourth-order valence-electron chi connectivity index (χ4n) is 2.56. The molecule has 0 radical (unpaired) electrons. The summed E-state index contributed by atoms with van der Waals surface area (Å²) in [5.41, 5.74) is 0.766. The second-order valence-electron chi connectivity index (χ2n) is 5.82. The number of nitrogens with zero attached hydrogens (tertiary/aromatic N) is 2. The predicted octanol–water partition coefficient (Wildman–Crippen LogP) is 4.00. The molecule has 0 spiro atoms. The first-order valence-corrected chi connectivity index (χ1v) is 9.48. The average Bonchev–Trinajstić information content (AvgIpc) is 2.68. The molecule has 0 aliphatic carbocycles. The fourth-order valence-corrected chi connectivity index (χ4v) is 3.03. The van der Waals surface area contributed by atoms with Gasteiger partial charge in [-0.2, -0.15) is 0 Å². The van der Waals surface area contributed by atoms with Crippen LogP contribution in [0.5, 0.6) is 0 Å². The Bertz CT molecular complexity index is 923. The number of halogens is 1. The van der Waals surface area contributed by atoms with Crippen LogP contribution in [0.4, 0.5) is 5.69 Å². The van der Waals surface area contributed by atoms with E-state index in [2.05, 4.69) is 21.2 Å². The SMILES string of the molecule is CCN(CC)C(=O)/C(=C/c1cccc([N+](=O)[O-])c1)NC(=O)c1ccccc1Br. The van der Waals surface area contributed by atoms with Gasteiger partial charge in [0.15, 0.2) is 0 Å². The molecule has 2 aromatic carbocycles. The zero-order chi connectivity index (χ0) is 20.7. The van der Waals surface area contributed by atoms with Crippen molar-refractivity contribution in [3.63, 3.8) is 0 Å². The molecule has 0 aliphatic heterocycles. The molecule has 0 saturated carbocycles. The van der Waals surface area contributed by atoms with Gasteiger partial charge in [0.25, 0.3) is 17.5 Å². The van der Waals surface area contributed by atoms with Crippen LogP contribution in [0, 0.1) is 10.1 Å². The number of rotatable bonds is 7. The highest BCUT2D eigenvalue weighted by Gasteiger charge is 2.20. The smallest absolute Gasteiger partial charge is 0.270 e. The second-order valence-corrected chi connectivity index (χ2v) is 6.68. The maximum absolute atomic E-state index is 12.9. The summed E-state index contributed by atoms with van der Waals surface area (Å²) in [6.07, 6.45) is 1.45. The molecule has 1 N–H and O–H groups in total. The molecule has 7 nitrogen and oxygen atoms in total. The highest BCUT2D eigenvalue weighted by molar-refractivity contribution is 9.10. The molecular formula is C20H20BrN3O4. The summed E-state index contributed by atoms with van der Waals surface area (Å²) in [4.78, 5) is 37.6. The summed E-state index contributed by atoms with van der Waals surface area (Å²) >= 11 is 3.32. The fraction of sp³-hybridized carbons (Fsp3) is 0.200. The Morgan fingerprint density at radius 3 is 2.43 bits per heavy atom. The number of nitrogens with one attached hydrogen (secondary N) is 1. The highest BCUT2D eigenvalue weighted by Crippen LogP contribution is 2.18. The first-order chi connectivity index (χ1) is 13.4. The number of nitro benzene ring substituents is 1. The summed E-state index contributed by atoms with van der Waals surface area (Å²) in [5, 5.41) is 13.7. The van der Waals surface area contributed by atoms with Crippen LogP contribution < -0.4 is 5.32 Å². The van der Waals surface area contributed by atoms with Gasteiger partial charge in [0, 0.05) is 29.7 Å². The third-order valence-electron chi connectivity index (χ3n) is 4.04. The van der Waals surface area contributed by atoms with Crippen LogP contribution in [0.25, 0.3) is 6.08 Å². The summed E-state index contributed by atoms with van der Waals surface area (Å²) in [6, 6.07) is 12.7. The van der Waals surface area contributed by atoms with Gasteiger partial charge in [0.2, 0.25) is 0 Å². The van der Waals surface area contributed by atoms with E-state index in [9.17, 15) is 19.7 Å². The van der Waals surface area contributed by atoms with Crippen molar-refractivity contribution in [3.8, 4) is 0 Å². The van der Waals surface area contributed by atoms with Crippen LogP contribution in [0.1, 0.15) is 29.8 Å². The third kappa shape index (κ3) is 5.26. The molecule has 2 aromatic rings. The van der Waals surface area contributed by atoms with Crippen LogP contribution in [0.15, 0.2) is 58.7 Å². The number of carbonyl (C=O) groups excluding carboxylic acids is 2. The molecule has 0 saturated heterocycles. The lowest BCUT2D eigenvalue weighted by molar-refractivity contribution is -0.384. The number of hydrogen-bond acceptors (Lipinski definition) is 4. The zero-order valence-electron chi connectivity index (χ0n) is 15.5. The summed E-state index contributed by atoms with van der Waals surface area (Å²) < 4.78 is 0.595. The Morgan fingerprint density at radius 2 is 1.82 bits per heavy atom. The molecule has 0 aliphatic rings. The number of likely N-dealkylation sites (N-methyl/N-ethyl adjacent to an activating group) is 1. The van der Waals surface area contributed by atoms with E-state index in [0.717, 1.165) is 0 Å². The molecule has 8 heteroatoms. The standard InChI is InChI=1S/C20H20BrN3O4/c1-3-23(4-2)20(26)18(13-14-8-7-9-15(12-14)24(27)28)22-19(25)16-10-5-6-11-17(16)21/h5-13H,3-4H2,1-2H3,(H,22,25)/b18-13-. The molecule has 0 heterocycles. The van der Waals surface area contributed by atoms with Gasteiger partial charge in [-0.1, -0.05) is 24.3 Å². The van der Waals surface area contributed by atoms with Crippen LogP contribution in [0.3, 0.4) is 0 Å². The van der Waals surface area contributed by atoms with Gasteiger partial charge in [-0.15, -0.1) is 0 Å². The number of nitro groups is 1. The minimum atomic E-state index is -0.511. The van der Waals surface area contributed by atoms with Gasteiger partial charge in [-0.3, -0.25) is 19.7 Å². The Kier molecular flexibility index (Phi) is 7.45. The van der Waals surface area contributed by atoms with E-state index in [1.54, 1.807) is 35.2 Å². The minimum Gasteiger partial charge on any atom is -0.338 e. The summed E-state index contributed by atoms with van der Waals surface area (Å²) in [6.45, 7) is 4.60. The minimum absolute atomic E-state index is 0.0463. The Balaban J connectivity index is 2.43. The number of hydrogen-bond donors (Lipinski definition) is 1. The third-order valence-corrected chi connectivity index (χ3v) is 4.73. The lowest BCUT2D eigenvalue weighted by Crippen LogP contribution is -2.38. The molecule has 2 rings (SSSR count). The molecule has 0 atom stereocenters. The number of benzene rings is 2. The molecule has 0 aromatic heterocycles. The zero-order valence-corrected chi connectivity index (χ0v) is 17.1. The van der Waals surface area contributed by atoms with E-state index in [1.165, 1.54) is 24.3 Å². The number of non-ortho nitro benzene ring substituents is 1. The first-order valence-electron chi connectivity index (χ1n) is 8.68. The first kappa shape index (κ1) is 21.3. The molecule has 28 heavy (non-hydrogen) atoms. The van der Waals surface area contributed by atoms with Crippen LogP contribution in [-0.4, -0.2) is 34.7 Å². The number of carbonyl (C=O) groups is 2. The van der Waals surface area contributed by atoms with Crippen molar-refractivity contribution in [2.75, 3.05) is 13.1 Å². The molecule has 0 fully saturated rings. The monoisotopic (exact) mass is 445 g/mol. The predicted molar refractivity (Wildman–Crippen MR) is 111 cm³/mol. The van der Waals surface area contributed by atoms with Crippen molar-refractivity contribution in [1.82, 2.24) is 10.2 Å². The molecule has 0 unspecified atom stereocenters. The van der Waals surface area contributed by atoms with Crippen molar-refractivity contribution in [2.24, 2.45) is 0 Å². The van der Waals surface area contributed by atoms with E-state index in [0.29, 0.717) is 28.7 Å². The average molecular weight is 446 g/mol. The highest BCUT2D eigenvalue weighted by atomic mass is 79.9. The number of amides is 2. The lowest BCUT2D eigenvalue weighted by atomic mass is 10.1. The second kappa shape index (κ2) is 9.80. The Morgan fingerprint density at radius 1 is 1.14 bits per heavy atom. The Hall–Kier alpha value is -3.00. The molecule has 146 valence electrons. The molecule has 0 bridgehead atoms. The van der Waals surface area contributed by atoms with Gasteiger partial charge >= 0.3 is 0 Å². The van der Waals surface area contributed by atoms with Crippen LogP contribution in [-0.2, 0) is 4.79 Å².